The minimum Gasteiger partial charge on any atom is -0.455 e. The molecule has 3 atom stereocenters. The van der Waals surface area contributed by atoms with Gasteiger partial charge in [-0.25, -0.2) is 14.6 Å². The number of carbonyl (C=O) groups is 3. The Labute approximate surface area is 312 Å². The number of rotatable bonds is 10. The lowest BCUT2D eigenvalue weighted by molar-refractivity contribution is -0.159. The lowest BCUT2D eigenvalue weighted by Crippen LogP contribution is -2.70. The number of nitrogens with zero attached hydrogens (tertiary/aromatic N) is 3. The Morgan fingerprint density at radius 1 is 0.980 bits per heavy atom. The van der Waals surface area contributed by atoms with E-state index in [1.54, 1.807) is 20.8 Å². The Hall–Kier alpha value is -3.79. The summed E-state index contributed by atoms with van der Waals surface area (Å²) < 4.78 is 10.6. The lowest BCUT2D eigenvalue weighted by Gasteiger charge is -2.50. The molecule has 3 aromatic rings. The number of nitrogens with one attached hydrogen (secondary N) is 2. The van der Waals surface area contributed by atoms with Crippen LogP contribution in [0.4, 0.5) is 0 Å². The topological polar surface area (TPSA) is 122 Å². The molecule has 1 unspecified atom stereocenters. The van der Waals surface area contributed by atoms with Crippen molar-refractivity contribution in [2.45, 2.75) is 49.7 Å². The van der Waals surface area contributed by atoms with Crippen LogP contribution in [0.5, 0.6) is 0 Å². The fraction of sp³-hybridized carbons (Fsp3) is 0.297. The fourth-order valence-corrected chi connectivity index (χ4v) is 9.70. The Bertz CT molecular complexity index is 1800. The summed E-state index contributed by atoms with van der Waals surface area (Å²) in [4.78, 5) is 52.2. The van der Waals surface area contributed by atoms with Crippen molar-refractivity contribution in [2.24, 2.45) is 9.52 Å². The molecule has 0 aliphatic carbocycles. The number of hydrogen-bond acceptors (Lipinski definition) is 8. The maximum Gasteiger partial charge on any atom is 0.355 e. The second-order valence-corrected chi connectivity index (χ2v) is 16.1. The molecule has 10 nitrogen and oxygen atoms in total. The van der Waals surface area contributed by atoms with Crippen LogP contribution in [0.3, 0.4) is 0 Å². The maximum atomic E-state index is 13.5. The van der Waals surface area contributed by atoms with E-state index in [2.05, 4.69) is 74.1 Å². The van der Waals surface area contributed by atoms with E-state index in [0.717, 1.165) is 22.3 Å². The van der Waals surface area contributed by atoms with Gasteiger partial charge in [-0.05, 0) is 43.0 Å². The summed E-state index contributed by atoms with van der Waals surface area (Å²) in [6.07, 6.45) is -0.0360. The first-order valence-electron chi connectivity index (χ1n) is 16.0. The van der Waals surface area contributed by atoms with E-state index in [0.29, 0.717) is 26.7 Å². The van der Waals surface area contributed by atoms with Crippen molar-refractivity contribution in [3.63, 3.8) is 0 Å². The highest BCUT2D eigenvalue weighted by Gasteiger charge is 2.54. The quantitative estimate of drug-likeness (QED) is 0.0647. The van der Waals surface area contributed by atoms with Gasteiger partial charge in [0.15, 0.2) is 5.17 Å². The predicted molar refractivity (Wildman–Crippen MR) is 206 cm³/mol. The third-order valence-electron chi connectivity index (χ3n) is 8.19. The van der Waals surface area contributed by atoms with E-state index in [-0.39, 0.29) is 18.2 Å². The first-order chi connectivity index (χ1) is 24.1. The minimum atomic E-state index is -0.955. The van der Waals surface area contributed by atoms with Gasteiger partial charge >= 0.3 is 5.97 Å². The number of amides is 2. The molecule has 260 valence electrons. The molecular formula is C37H38IN5O5S2. The number of esters is 1. The normalized spacial score (nSPS) is 21.3. The van der Waals surface area contributed by atoms with Crippen molar-refractivity contribution in [1.29, 1.82) is 0 Å². The average Bonchev–Trinajstić information content (AvgIpc) is 3.48. The maximum absolute atomic E-state index is 13.5. The van der Waals surface area contributed by atoms with Crippen LogP contribution in [0.25, 0.3) is 0 Å². The number of ether oxygens (including phenoxy) is 1. The Balaban J connectivity index is 1.25. The Morgan fingerprint density at radius 3 is 2.04 bits per heavy atom. The van der Waals surface area contributed by atoms with Crippen LogP contribution in [-0.2, 0) is 40.2 Å². The number of hydrogen-bond donors (Lipinski definition) is 2. The van der Waals surface area contributed by atoms with E-state index in [1.807, 2.05) is 60.0 Å². The van der Waals surface area contributed by atoms with Gasteiger partial charge in [-0.2, -0.15) is 0 Å². The van der Waals surface area contributed by atoms with Crippen LogP contribution in [0.1, 0.15) is 43.9 Å². The van der Waals surface area contributed by atoms with Gasteiger partial charge in [0.05, 0.1) is 13.5 Å². The molecule has 3 aliphatic heterocycles. The van der Waals surface area contributed by atoms with Crippen molar-refractivity contribution in [1.82, 2.24) is 15.5 Å². The van der Waals surface area contributed by atoms with Gasteiger partial charge in [0.2, 0.25) is 5.91 Å². The zero-order valence-corrected chi connectivity index (χ0v) is 31.9. The number of halogens is 1. The van der Waals surface area contributed by atoms with Crippen LogP contribution in [0.2, 0.25) is 0 Å². The predicted octanol–water partition coefficient (Wildman–Crippen LogP) is 5.96. The number of benzene rings is 3. The van der Waals surface area contributed by atoms with Gasteiger partial charge < -0.3 is 15.4 Å². The van der Waals surface area contributed by atoms with E-state index in [1.165, 1.54) is 23.8 Å². The minimum absolute atomic E-state index is 0.0360. The molecule has 13 heteroatoms. The summed E-state index contributed by atoms with van der Waals surface area (Å²) in [7, 11) is 0.532. The highest BCUT2D eigenvalue weighted by atomic mass is 127. The van der Waals surface area contributed by atoms with Gasteiger partial charge in [-0.3, -0.25) is 14.5 Å². The molecule has 3 heterocycles. The molecule has 6 rings (SSSR count). The molecule has 1 saturated heterocycles. The van der Waals surface area contributed by atoms with Crippen molar-refractivity contribution in [3.8, 4) is 0 Å². The number of alkyl halides is 1. The van der Waals surface area contributed by atoms with E-state index in [4.69, 9.17) is 14.6 Å². The molecule has 3 aromatic carbocycles. The van der Waals surface area contributed by atoms with Crippen LogP contribution in [0, 0.1) is 0 Å². The largest absolute Gasteiger partial charge is 0.455 e. The first kappa shape index (κ1) is 36.0. The smallest absolute Gasteiger partial charge is 0.355 e. The number of fused-ring (bicyclic) bond motifs is 1. The van der Waals surface area contributed by atoms with Gasteiger partial charge in [0, 0.05) is 32.0 Å². The van der Waals surface area contributed by atoms with Gasteiger partial charge in [-0.1, -0.05) is 118 Å². The monoisotopic (exact) mass is 823 g/mol. The van der Waals surface area contributed by atoms with E-state index in [9.17, 15) is 14.4 Å². The SMILES string of the molecule is CO/N=S1/C=C(CC(=O)N[C@@H]2C(=O)N3C(C(=O)OC(C)(C)C)=C(CI)CS[C@H]23)NC1=NC(c1ccccc1)(c1ccccc1)c1ccccc1. The van der Waals surface area contributed by atoms with Crippen LogP contribution in [-0.4, -0.2) is 62.2 Å². The number of thioether (sulfide) groups is 1. The fourth-order valence-electron chi connectivity index (χ4n) is 6.09. The first-order valence-corrected chi connectivity index (χ1v) is 19.8. The van der Waals surface area contributed by atoms with E-state index >= 15 is 0 Å². The van der Waals surface area contributed by atoms with Gasteiger partial charge in [-0.15, -0.1) is 11.8 Å². The third kappa shape index (κ3) is 7.32. The van der Waals surface area contributed by atoms with Crippen molar-refractivity contribution >= 4 is 68.0 Å². The molecule has 3 aliphatic rings. The molecular weight excluding hydrogens is 785 g/mol. The summed E-state index contributed by atoms with van der Waals surface area (Å²) in [5, 5.41) is 8.27. The molecule has 50 heavy (non-hydrogen) atoms. The molecule has 0 aromatic heterocycles. The van der Waals surface area contributed by atoms with Gasteiger partial charge in [0.1, 0.15) is 28.3 Å². The molecule has 0 radical (unpaired) electrons. The number of aliphatic imine (C=N–C) groups is 1. The zero-order chi connectivity index (χ0) is 35.5. The Kier molecular flexibility index (Phi) is 11.0. The van der Waals surface area contributed by atoms with Crippen molar-refractivity contribution in [2.75, 3.05) is 17.3 Å². The van der Waals surface area contributed by atoms with Gasteiger partial charge in [0.25, 0.3) is 5.91 Å². The molecule has 2 amide bonds. The Morgan fingerprint density at radius 2 is 1.54 bits per heavy atom. The highest BCUT2D eigenvalue weighted by molar-refractivity contribution is 14.1. The molecule has 0 bridgehead atoms. The summed E-state index contributed by atoms with van der Waals surface area (Å²) in [6, 6.07) is 29.5. The standard InChI is InChI=1S/C37H38IN5O5S2/c1-36(2,3)48-34(46)31-24(21-38)22-49-33-30(32(45)43(31)33)40-29(44)20-28-23-50(42-47-4)35(39-28)41-37(25-14-8-5-9-15-25,26-16-10-6-11-17-26)27-18-12-7-13-19-27/h5-19,23,30,33H,20-22H2,1-4H3,(H,39,41)(H,40,44)/t30-,33-,50?/m1/s1. The third-order valence-corrected chi connectivity index (χ3v) is 11.9. The average molecular weight is 824 g/mol. The second-order valence-electron chi connectivity index (χ2n) is 12.8. The summed E-state index contributed by atoms with van der Waals surface area (Å²) in [6.45, 7) is 5.38. The second kappa shape index (κ2) is 15.2. The summed E-state index contributed by atoms with van der Waals surface area (Å²) in [5.74, 6) is -0.626. The molecule has 0 saturated carbocycles. The van der Waals surface area contributed by atoms with Crippen LogP contribution >= 0.6 is 34.4 Å². The van der Waals surface area contributed by atoms with Crippen molar-refractivity contribution < 1.29 is 24.0 Å². The summed E-state index contributed by atoms with van der Waals surface area (Å²) >= 11 is 3.72. The number of carbonyl (C=O) groups excluding carboxylic acids is 3. The van der Waals surface area contributed by atoms with Crippen LogP contribution in [0.15, 0.2) is 123 Å². The van der Waals surface area contributed by atoms with E-state index < -0.39 is 39.2 Å². The number of amidine groups is 1. The molecule has 0 spiro atoms. The molecule has 1 fully saturated rings. The van der Waals surface area contributed by atoms with Crippen molar-refractivity contribution in [3.05, 3.63) is 130 Å². The highest BCUT2D eigenvalue weighted by Crippen LogP contribution is 2.43. The zero-order valence-electron chi connectivity index (χ0n) is 28.1. The summed E-state index contributed by atoms with van der Waals surface area (Å²) in [5.41, 5.74) is 2.96. The lowest BCUT2D eigenvalue weighted by atomic mass is 9.77. The molecule has 2 N–H and O–H groups in total. The van der Waals surface area contributed by atoms with Crippen LogP contribution < -0.4 is 10.6 Å². The number of β-lactam (4-membered cyclic amide) rings is 1.